The number of amides is 1. The third kappa shape index (κ3) is 3.92. The minimum absolute atomic E-state index is 0.0244. The molecule has 2 N–H and O–H groups in total. The van der Waals surface area contributed by atoms with Gasteiger partial charge in [0.25, 0.3) is 0 Å². The Labute approximate surface area is 110 Å². The Morgan fingerprint density at radius 3 is 2.61 bits per heavy atom. The smallest absolute Gasteiger partial charge is 0.339 e. The summed E-state index contributed by atoms with van der Waals surface area (Å²) in [5.74, 6) is -0.669. The van der Waals surface area contributed by atoms with Gasteiger partial charge < -0.3 is 15.4 Å². The third-order valence-electron chi connectivity index (χ3n) is 2.26. The van der Waals surface area contributed by atoms with Crippen LogP contribution in [0.15, 0.2) is 18.2 Å². The first-order valence-electron chi connectivity index (χ1n) is 5.34. The summed E-state index contributed by atoms with van der Waals surface area (Å²) < 4.78 is 4.96. The van der Waals surface area contributed by atoms with Crippen molar-refractivity contribution < 1.29 is 14.3 Å². The third-order valence-corrected chi connectivity index (χ3v) is 2.57. The van der Waals surface area contributed by atoms with Crippen molar-refractivity contribution >= 4 is 29.2 Å². The van der Waals surface area contributed by atoms with Crippen LogP contribution >= 0.6 is 11.6 Å². The second-order valence-electron chi connectivity index (χ2n) is 3.91. The first-order valence-corrected chi connectivity index (χ1v) is 5.72. The summed E-state index contributed by atoms with van der Waals surface area (Å²) in [5.41, 5.74) is 6.22. The monoisotopic (exact) mass is 270 g/mol. The van der Waals surface area contributed by atoms with Crippen LogP contribution < -0.4 is 5.73 Å². The van der Waals surface area contributed by atoms with Crippen LogP contribution in [0, 0.1) is 0 Å². The summed E-state index contributed by atoms with van der Waals surface area (Å²) in [5, 5.41) is 0.235. The fraction of sp³-hybridized carbons (Fsp3) is 0.333. The standard InChI is InChI=1S/C12H15ClN2O3/c1-15(2)11(16)5-6-18-12(17)9-4-3-8(14)7-10(9)13/h3-4,7H,5-6,14H2,1-2H3. The number of hydrogen-bond acceptors (Lipinski definition) is 4. The minimum Gasteiger partial charge on any atom is -0.462 e. The normalized spacial score (nSPS) is 9.94. The van der Waals surface area contributed by atoms with E-state index >= 15 is 0 Å². The molecule has 6 heteroatoms. The van der Waals surface area contributed by atoms with Gasteiger partial charge in [0.15, 0.2) is 0 Å². The van der Waals surface area contributed by atoms with Crippen LogP contribution in [0.4, 0.5) is 5.69 Å². The van der Waals surface area contributed by atoms with Crippen LogP contribution in [0.2, 0.25) is 5.02 Å². The van der Waals surface area contributed by atoms with Crippen molar-refractivity contribution in [2.75, 3.05) is 26.4 Å². The van der Waals surface area contributed by atoms with Crippen molar-refractivity contribution in [1.82, 2.24) is 4.90 Å². The molecule has 0 saturated carbocycles. The molecule has 0 radical (unpaired) electrons. The highest BCUT2D eigenvalue weighted by atomic mass is 35.5. The van der Waals surface area contributed by atoms with Gasteiger partial charge in [-0.3, -0.25) is 4.79 Å². The Morgan fingerprint density at radius 2 is 2.06 bits per heavy atom. The number of anilines is 1. The van der Waals surface area contributed by atoms with Crippen LogP contribution in [0.1, 0.15) is 16.8 Å². The molecule has 0 unspecified atom stereocenters. The van der Waals surface area contributed by atoms with Crippen molar-refractivity contribution in [2.24, 2.45) is 0 Å². The fourth-order valence-corrected chi connectivity index (χ4v) is 1.50. The molecule has 0 heterocycles. The Bertz CT molecular complexity index is 461. The zero-order chi connectivity index (χ0) is 13.7. The molecule has 0 aliphatic rings. The van der Waals surface area contributed by atoms with Crippen LogP contribution in [0.5, 0.6) is 0 Å². The molecule has 0 aliphatic carbocycles. The van der Waals surface area contributed by atoms with Crippen LogP contribution in [0.3, 0.4) is 0 Å². The van der Waals surface area contributed by atoms with Gasteiger partial charge in [-0.25, -0.2) is 4.79 Å². The molecule has 0 aliphatic heterocycles. The molecule has 5 nitrogen and oxygen atoms in total. The van der Waals surface area contributed by atoms with E-state index in [2.05, 4.69) is 0 Å². The first-order chi connectivity index (χ1) is 8.41. The second kappa shape index (κ2) is 6.26. The van der Waals surface area contributed by atoms with Gasteiger partial charge in [-0.1, -0.05) is 11.6 Å². The quantitative estimate of drug-likeness (QED) is 0.666. The number of halogens is 1. The van der Waals surface area contributed by atoms with Gasteiger partial charge in [-0.15, -0.1) is 0 Å². The molecule has 1 aromatic carbocycles. The highest BCUT2D eigenvalue weighted by molar-refractivity contribution is 6.33. The summed E-state index contributed by atoms with van der Waals surface area (Å²) in [6, 6.07) is 4.53. The Hall–Kier alpha value is -1.75. The van der Waals surface area contributed by atoms with E-state index in [9.17, 15) is 9.59 Å². The van der Waals surface area contributed by atoms with Gasteiger partial charge in [-0.05, 0) is 18.2 Å². The Balaban J connectivity index is 2.53. The average molecular weight is 271 g/mol. The van der Waals surface area contributed by atoms with E-state index in [1.807, 2.05) is 0 Å². The van der Waals surface area contributed by atoms with Gasteiger partial charge in [0.2, 0.25) is 5.91 Å². The number of rotatable bonds is 4. The number of hydrogen-bond donors (Lipinski definition) is 1. The highest BCUT2D eigenvalue weighted by Gasteiger charge is 2.13. The maximum absolute atomic E-state index is 11.7. The molecule has 1 rings (SSSR count). The Kier molecular flexibility index (Phi) is 4.97. The lowest BCUT2D eigenvalue weighted by Crippen LogP contribution is -2.23. The summed E-state index contributed by atoms with van der Waals surface area (Å²) in [6.07, 6.45) is 0.144. The summed E-state index contributed by atoms with van der Waals surface area (Å²) in [7, 11) is 3.28. The molecule has 0 saturated heterocycles. The van der Waals surface area contributed by atoms with E-state index in [0.29, 0.717) is 5.69 Å². The number of nitrogens with zero attached hydrogens (tertiary/aromatic N) is 1. The van der Waals surface area contributed by atoms with Gasteiger partial charge in [0, 0.05) is 19.8 Å². The largest absolute Gasteiger partial charge is 0.462 e. The lowest BCUT2D eigenvalue weighted by Gasteiger charge is -2.10. The number of carbonyl (C=O) groups excluding carboxylic acids is 2. The molecular weight excluding hydrogens is 256 g/mol. The SMILES string of the molecule is CN(C)C(=O)CCOC(=O)c1ccc(N)cc1Cl. The lowest BCUT2D eigenvalue weighted by atomic mass is 10.2. The minimum atomic E-state index is -0.563. The molecule has 98 valence electrons. The molecule has 18 heavy (non-hydrogen) atoms. The number of ether oxygens (including phenoxy) is 1. The van der Waals surface area contributed by atoms with E-state index < -0.39 is 5.97 Å². The zero-order valence-electron chi connectivity index (χ0n) is 10.3. The van der Waals surface area contributed by atoms with E-state index in [-0.39, 0.29) is 29.5 Å². The molecule has 0 bridgehead atoms. The molecule has 0 aromatic heterocycles. The molecule has 1 aromatic rings. The summed E-state index contributed by atoms with van der Waals surface area (Å²) in [4.78, 5) is 24.4. The maximum Gasteiger partial charge on any atom is 0.339 e. The number of benzene rings is 1. The zero-order valence-corrected chi connectivity index (χ0v) is 11.0. The average Bonchev–Trinajstić information content (AvgIpc) is 2.28. The van der Waals surface area contributed by atoms with Crippen molar-refractivity contribution in [3.8, 4) is 0 Å². The molecule has 0 atom stereocenters. The number of carbonyl (C=O) groups is 2. The number of esters is 1. The van der Waals surface area contributed by atoms with E-state index in [1.165, 1.54) is 17.0 Å². The van der Waals surface area contributed by atoms with Gasteiger partial charge in [0.05, 0.1) is 17.0 Å². The van der Waals surface area contributed by atoms with E-state index in [1.54, 1.807) is 20.2 Å². The fourth-order valence-electron chi connectivity index (χ4n) is 1.23. The molecule has 1 amide bonds. The van der Waals surface area contributed by atoms with Crippen LogP contribution in [-0.4, -0.2) is 37.5 Å². The predicted molar refractivity (Wildman–Crippen MR) is 69.5 cm³/mol. The van der Waals surface area contributed by atoms with E-state index in [0.717, 1.165) is 0 Å². The second-order valence-corrected chi connectivity index (χ2v) is 4.32. The van der Waals surface area contributed by atoms with Gasteiger partial charge in [0.1, 0.15) is 6.61 Å². The summed E-state index contributed by atoms with van der Waals surface area (Å²) >= 11 is 5.86. The van der Waals surface area contributed by atoms with Crippen molar-refractivity contribution in [2.45, 2.75) is 6.42 Å². The first kappa shape index (κ1) is 14.3. The maximum atomic E-state index is 11.7. The topological polar surface area (TPSA) is 72.6 Å². The molecule has 0 fully saturated rings. The highest BCUT2D eigenvalue weighted by Crippen LogP contribution is 2.19. The number of nitrogen functional groups attached to an aromatic ring is 1. The molecule has 0 spiro atoms. The van der Waals surface area contributed by atoms with Gasteiger partial charge in [-0.2, -0.15) is 0 Å². The summed E-state index contributed by atoms with van der Waals surface area (Å²) in [6.45, 7) is 0.0244. The number of nitrogens with two attached hydrogens (primary N) is 1. The van der Waals surface area contributed by atoms with Crippen molar-refractivity contribution in [3.63, 3.8) is 0 Å². The predicted octanol–water partition coefficient (Wildman–Crippen LogP) is 1.56. The Morgan fingerprint density at radius 1 is 1.39 bits per heavy atom. The molecular formula is C12H15ClN2O3. The van der Waals surface area contributed by atoms with Crippen molar-refractivity contribution in [3.05, 3.63) is 28.8 Å². The van der Waals surface area contributed by atoms with Gasteiger partial charge >= 0.3 is 5.97 Å². The van der Waals surface area contributed by atoms with Crippen LogP contribution in [0.25, 0.3) is 0 Å². The van der Waals surface area contributed by atoms with E-state index in [4.69, 9.17) is 22.1 Å². The lowest BCUT2D eigenvalue weighted by molar-refractivity contribution is -0.129. The van der Waals surface area contributed by atoms with Crippen molar-refractivity contribution in [1.29, 1.82) is 0 Å². The van der Waals surface area contributed by atoms with Crippen LogP contribution in [-0.2, 0) is 9.53 Å².